The molecule has 1 aliphatic carbocycles. The second-order valence-corrected chi connectivity index (χ2v) is 7.52. The van der Waals surface area contributed by atoms with Crippen molar-refractivity contribution in [2.24, 2.45) is 23.7 Å². The standard InChI is InChI=1S/C20H32N2O5/c1-5-7-13(4)21-18(24)17-14-9-8-12(3)15(20(26)27-6-2)16(14)19(25)22(17)10-11-23/h8-9,12-17,23H,5-7,10-11H2,1-4H3,(H,21,24)/t12-,13?,14+,15-,16+,17+/m1/s1. The highest BCUT2D eigenvalue weighted by atomic mass is 16.5. The van der Waals surface area contributed by atoms with E-state index >= 15 is 0 Å². The molecule has 0 radical (unpaired) electrons. The van der Waals surface area contributed by atoms with Gasteiger partial charge in [0.25, 0.3) is 0 Å². The number of nitrogens with zero attached hydrogens (tertiary/aromatic N) is 1. The van der Waals surface area contributed by atoms with Crippen LogP contribution in [0.15, 0.2) is 12.2 Å². The average Bonchev–Trinajstić information content (AvgIpc) is 2.88. The van der Waals surface area contributed by atoms with Gasteiger partial charge < -0.3 is 20.1 Å². The van der Waals surface area contributed by atoms with Gasteiger partial charge in [-0.3, -0.25) is 14.4 Å². The van der Waals surface area contributed by atoms with E-state index in [4.69, 9.17) is 4.74 Å². The predicted octanol–water partition coefficient (Wildman–Crippen LogP) is 1.11. The summed E-state index contributed by atoms with van der Waals surface area (Å²) in [6.45, 7) is 7.69. The quantitative estimate of drug-likeness (QED) is 0.486. The van der Waals surface area contributed by atoms with Crippen LogP contribution in [0.5, 0.6) is 0 Å². The molecule has 6 atom stereocenters. The monoisotopic (exact) mass is 380 g/mol. The van der Waals surface area contributed by atoms with Crippen LogP contribution in [0.1, 0.15) is 40.5 Å². The molecule has 7 nitrogen and oxygen atoms in total. The second kappa shape index (κ2) is 9.35. The summed E-state index contributed by atoms with van der Waals surface area (Å²) in [5.41, 5.74) is 0. The van der Waals surface area contributed by atoms with E-state index in [2.05, 4.69) is 5.32 Å². The Bertz CT molecular complexity index is 591. The van der Waals surface area contributed by atoms with Gasteiger partial charge in [-0.15, -0.1) is 0 Å². The number of allylic oxidation sites excluding steroid dienone is 1. The summed E-state index contributed by atoms with van der Waals surface area (Å²) in [6, 6.07) is -0.713. The van der Waals surface area contributed by atoms with Crippen molar-refractivity contribution in [3.63, 3.8) is 0 Å². The van der Waals surface area contributed by atoms with Crippen LogP contribution >= 0.6 is 0 Å². The Morgan fingerprint density at radius 1 is 1.33 bits per heavy atom. The number of hydrogen-bond acceptors (Lipinski definition) is 5. The molecule has 7 heteroatoms. The lowest BCUT2D eigenvalue weighted by Crippen LogP contribution is -2.50. The Labute approximate surface area is 161 Å². The first kappa shape index (κ1) is 21.4. The first-order chi connectivity index (χ1) is 12.9. The van der Waals surface area contributed by atoms with Crippen molar-refractivity contribution in [3.05, 3.63) is 12.2 Å². The van der Waals surface area contributed by atoms with E-state index in [0.29, 0.717) is 0 Å². The molecule has 0 aromatic heterocycles. The van der Waals surface area contributed by atoms with E-state index < -0.39 is 29.8 Å². The Hall–Kier alpha value is -1.89. The first-order valence-corrected chi connectivity index (χ1v) is 9.93. The molecular formula is C20H32N2O5. The van der Waals surface area contributed by atoms with Gasteiger partial charge >= 0.3 is 5.97 Å². The fraction of sp³-hybridized carbons (Fsp3) is 0.750. The Kier molecular flexibility index (Phi) is 7.41. The number of aliphatic hydroxyl groups is 1. The molecule has 1 unspecified atom stereocenters. The van der Waals surface area contributed by atoms with Gasteiger partial charge in [0.15, 0.2) is 0 Å². The molecule has 2 rings (SSSR count). The van der Waals surface area contributed by atoms with Gasteiger partial charge in [0, 0.05) is 18.5 Å². The zero-order valence-corrected chi connectivity index (χ0v) is 16.7. The molecule has 0 aromatic rings. The molecular weight excluding hydrogens is 348 g/mol. The van der Waals surface area contributed by atoms with Crippen molar-refractivity contribution < 1.29 is 24.2 Å². The maximum Gasteiger partial charge on any atom is 0.310 e. The summed E-state index contributed by atoms with van der Waals surface area (Å²) >= 11 is 0. The topological polar surface area (TPSA) is 95.9 Å². The number of hydrogen-bond donors (Lipinski definition) is 2. The number of likely N-dealkylation sites (tertiary alicyclic amines) is 1. The normalized spacial score (nSPS) is 30.8. The number of β-amino-alcohol motifs (C(OH)–C–C–N with tert-alkyl or cyclic N) is 1. The third kappa shape index (κ3) is 4.34. The molecule has 2 amide bonds. The van der Waals surface area contributed by atoms with Crippen molar-refractivity contribution in [2.45, 2.75) is 52.6 Å². The summed E-state index contributed by atoms with van der Waals surface area (Å²) in [7, 11) is 0. The minimum Gasteiger partial charge on any atom is -0.466 e. The van der Waals surface area contributed by atoms with Crippen LogP contribution in [-0.4, -0.2) is 59.6 Å². The van der Waals surface area contributed by atoms with Crippen molar-refractivity contribution in [2.75, 3.05) is 19.8 Å². The SMILES string of the molecule is CCCC(C)NC(=O)[C@@H]1[C@H]2C=C[C@@H](C)[C@@H](C(=O)OCC)[C@H]2C(=O)N1CCO. The largest absolute Gasteiger partial charge is 0.466 e. The van der Waals surface area contributed by atoms with Crippen LogP contribution in [0, 0.1) is 23.7 Å². The van der Waals surface area contributed by atoms with Gasteiger partial charge in [-0.05, 0) is 26.2 Å². The third-order valence-electron chi connectivity index (χ3n) is 5.55. The molecule has 2 aliphatic rings. The van der Waals surface area contributed by atoms with Gasteiger partial charge in [0.1, 0.15) is 6.04 Å². The van der Waals surface area contributed by atoms with E-state index in [1.165, 1.54) is 4.90 Å². The first-order valence-electron chi connectivity index (χ1n) is 9.93. The summed E-state index contributed by atoms with van der Waals surface area (Å²) < 4.78 is 5.20. The van der Waals surface area contributed by atoms with Crippen molar-refractivity contribution in [1.29, 1.82) is 0 Å². The Balaban J connectivity index is 2.34. The molecule has 0 aromatic carbocycles. The molecule has 152 valence electrons. The Morgan fingerprint density at radius 2 is 2.04 bits per heavy atom. The summed E-state index contributed by atoms with van der Waals surface area (Å²) in [5.74, 6) is -2.68. The number of fused-ring (bicyclic) bond motifs is 1. The maximum atomic E-state index is 13.1. The molecule has 1 saturated heterocycles. The lowest BCUT2D eigenvalue weighted by Gasteiger charge is -2.32. The number of carbonyl (C=O) groups is 3. The predicted molar refractivity (Wildman–Crippen MR) is 101 cm³/mol. The van der Waals surface area contributed by atoms with Crippen molar-refractivity contribution in [1.82, 2.24) is 10.2 Å². The second-order valence-electron chi connectivity index (χ2n) is 7.52. The number of aliphatic hydroxyl groups excluding tert-OH is 1. The maximum absolute atomic E-state index is 13.1. The van der Waals surface area contributed by atoms with Crippen molar-refractivity contribution in [3.8, 4) is 0 Å². The molecule has 2 N–H and O–H groups in total. The number of amides is 2. The van der Waals surface area contributed by atoms with Crippen LogP contribution < -0.4 is 5.32 Å². The zero-order valence-electron chi connectivity index (χ0n) is 16.7. The van der Waals surface area contributed by atoms with Gasteiger partial charge in [-0.25, -0.2) is 0 Å². The zero-order chi connectivity index (χ0) is 20.1. The van der Waals surface area contributed by atoms with Crippen molar-refractivity contribution >= 4 is 17.8 Å². The van der Waals surface area contributed by atoms with Crippen LogP contribution in [0.4, 0.5) is 0 Å². The van der Waals surface area contributed by atoms with Gasteiger partial charge in [0.2, 0.25) is 11.8 Å². The van der Waals surface area contributed by atoms with Gasteiger partial charge in [0.05, 0.1) is 25.0 Å². The minimum atomic E-state index is -0.713. The van der Waals surface area contributed by atoms with E-state index in [1.807, 2.05) is 32.9 Å². The van der Waals surface area contributed by atoms with Crippen LogP contribution in [0.25, 0.3) is 0 Å². The fourth-order valence-electron chi connectivity index (χ4n) is 4.37. The molecule has 0 spiro atoms. The highest BCUT2D eigenvalue weighted by Crippen LogP contribution is 2.44. The number of carbonyl (C=O) groups excluding carboxylic acids is 3. The smallest absolute Gasteiger partial charge is 0.310 e. The third-order valence-corrected chi connectivity index (χ3v) is 5.55. The fourth-order valence-corrected chi connectivity index (χ4v) is 4.37. The number of ether oxygens (including phenoxy) is 1. The van der Waals surface area contributed by atoms with Crippen LogP contribution in [0.3, 0.4) is 0 Å². The highest BCUT2D eigenvalue weighted by Gasteiger charge is 2.56. The minimum absolute atomic E-state index is 0.0000223. The van der Waals surface area contributed by atoms with Crippen LogP contribution in [0.2, 0.25) is 0 Å². The highest BCUT2D eigenvalue weighted by molar-refractivity contribution is 5.96. The summed E-state index contributed by atoms with van der Waals surface area (Å²) in [5, 5.41) is 12.4. The molecule has 27 heavy (non-hydrogen) atoms. The number of esters is 1. The molecule has 1 aliphatic heterocycles. The van der Waals surface area contributed by atoms with E-state index in [0.717, 1.165) is 12.8 Å². The number of nitrogens with one attached hydrogen (secondary N) is 1. The van der Waals surface area contributed by atoms with Gasteiger partial charge in [-0.2, -0.15) is 0 Å². The molecule has 0 bridgehead atoms. The van der Waals surface area contributed by atoms with Gasteiger partial charge in [-0.1, -0.05) is 32.4 Å². The van der Waals surface area contributed by atoms with E-state index in [9.17, 15) is 19.5 Å². The Morgan fingerprint density at radius 3 is 2.63 bits per heavy atom. The molecule has 1 fully saturated rings. The van der Waals surface area contributed by atoms with Crippen LogP contribution in [-0.2, 0) is 19.1 Å². The van der Waals surface area contributed by atoms with E-state index in [-0.39, 0.29) is 43.5 Å². The lowest BCUT2D eigenvalue weighted by molar-refractivity contribution is -0.155. The average molecular weight is 380 g/mol. The number of rotatable bonds is 8. The summed E-state index contributed by atoms with van der Waals surface area (Å²) in [6.07, 6.45) is 5.57. The lowest BCUT2D eigenvalue weighted by atomic mass is 9.70. The summed E-state index contributed by atoms with van der Waals surface area (Å²) in [4.78, 5) is 40.0. The van der Waals surface area contributed by atoms with E-state index in [1.54, 1.807) is 6.92 Å². The molecule has 0 saturated carbocycles. The molecule has 1 heterocycles.